The summed E-state index contributed by atoms with van der Waals surface area (Å²) in [7, 11) is 0. The molecule has 0 saturated carbocycles. The van der Waals surface area contributed by atoms with Gasteiger partial charge in [-0.3, -0.25) is 0 Å². The summed E-state index contributed by atoms with van der Waals surface area (Å²) in [5.41, 5.74) is 4.06. The van der Waals surface area contributed by atoms with E-state index in [0.29, 0.717) is 5.75 Å². The van der Waals surface area contributed by atoms with Gasteiger partial charge < -0.3 is 5.11 Å². The number of phenols is 1. The summed E-state index contributed by atoms with van der Waals surface area (Å²) < 4.78 is 0. The molecular weight excluding hydrogens is 328 g/mol. The van der Waals surface area contributed by atoms with E-state index in [1.165, 1.54) is 32.9 Å². The molecule has 0 spiro atoms. The Balaban J connectivity index is 1.58. The van der Waals surface area contributed by atoms with E-state index >= 15 is 0 Å². The van der Waals surface area contributed by atoms with Crippen LogP contribution in [0.25, 0.3) is 27.1 Å². The van der Waals surface area contributed by atoms with Crippen molar-refractivity contribution in [3.63, 3.8) is 0 Å². The summed E-state index contributed by atoms with van der Waals surface area (Å²) in [6.07, 6.45) is 5.42. The van der Waals surface area contributed by atoms with E-state index in [-0.39, 0.29) is 0 Å². The molecule has 0 unspecified atom stereocenters. The van der Waals surface area contributed by atoms with Gasteiger partial charge in [-0.05, 0) is 75.7 Å². The van der Waals surface area contributed by atoms with Gasteiger partial charge in [0.25, 0.3) is 0 Å². The van der Waals surface area contributed by atoms with Crippen LogP contribution in [0.3, 0.4) is 0 Å². The minimum Gasteiger partial charge on any atom is -0.508 e. The Bertz CT molecular complexity index is 1120. The fourth-order valence-electron chi connectivity index (χ4n) is 3.72. The lowest BCUT2D eigenvalue weighted by Gasteiger charge is -2.10. The molecule has 1 heteroatoms. The van der Waals surface area contributed by atoms with Crippen LogP contribution in [0.15, 0.2) is 84.9 Å². The van der Waals surface area contributed by atoms with Crippen LogP contribution in [0.4, 0.5) is 0 Å². The quantitative estimate of drug-likeness (QED) is 0.405. The summed E-state index contributed by atoms with van der Waals surface area (Å²) in [5, 5.41) is 14.5. The van der Waals surface area contributed by atoms with E-state index in [1.54, 1.807) is 6.07 Å². The van der Waals surface area contributed by atoms with Gasteiger partial charge in [0.05, 0.1) is 0 Å². The number of fused-ring (bicyclic) bond motifs is 2. The highest BCUT2D eigenvalue weighted by Crippen LogP contribution is 2.27. The van der Waals surface area contributed by atoms with Gasteiger partial charge in [0.2, 0.25) is 0 Å². The minimum atomic E-state index is 0.319. The first-order valence-electron chi connectivity index (χ1n) is 9.63. The number of benzene rings is 4. The minimum absolute atomic E-state index is 0.319. The van der Waals surface area contributed by atoms with E-state index < -0.39 is 0 Å². The molecule has 4 aromatic rings. The summed E-state index contributed by atoms with van der Waals surface area (Å²) in [6, 6.07) is 27.4. The fourth-order valence-corrected chi connectivity index (χ4v) is 3.72. The molecule has 0 amide bonds. The third-order valence-electron chi connectivity index (χ3n) is 5.14. The largest absolute Gasteiger partial charge is 0.508 e. The number of aryl methyl sites for hydroxylation is 1. The molecule has 4 rings (SSSR count). The van der Waals surface area contributed by atoms with Gasteiger partial charge in [0.15, 0.2) is 0 Å². The van der Waals surface area contributed by atoms with Gasteiger partial charge in [-0.2, -0.15) is 0 Å². The predicted molar refractivity (Wildman–Crippen MR) is 116 cm³/mol. The van der Waals surface area contributed by atoms with Crippen molar-refractivity contribution in [1.82, 2.24) is 0 Å². The average Bonchev–Trinajstić information content (AvgIpc) is 2.70. The van der Waals surface area contributed by atoms with Gasteiger partial charge in [0.1, 0.15) is 5.75 Å². The SMILES string of the molecule is CC/C=C(\CCc1ccc2cc(O)ccc2c1)c1ccc2ccccc2c1. The molecule has 1 nitrogen and oxygen atoms in total. The molecule has 134 valence electrons. The van der Waals surface area contributed by atoms with Crippen molar-refractivity contribution in [2.24, 2.45) is 0 Å². The normalized spacial score (nSPS) is 12.0. The molecule has 0 heterocycles. The van der Waals surface area contributed by atoms with Crippen LogP contribution >= 0.6 is 0 Å². The smallest absolute Gasteiger partial charge is 0.116 e. The second kappa shape index (κ2) is 7.67. The Labute approximate surface area is 160 Å². The molecule has 0 aliphatic carbocycles. The standard InChI is InChI=1S/C26H24O/c1-2-5-20(24-13-12-21-6-3-4-7-22(21)17-24)10-8-19-9-11-25-18-26(27)15-14-23(25)16-19/h3-7,9,11-18,27H,2,8,10H2,1H3/b20-5+. The Morgan fingerprint density at radius 3 is 2.33 bits per heavy atom. The molecule has 0 aromatic heterocycles. The maximum atomic E-state index is 9.63. The van der Waals surface area contributed by atoms with Crippen LogP contribution in [0, 0.1) is 0 Å². The predicted octanol–water partition coefficient (Wildman–Crippen LogP) is 7.12. The highest BCUT2D eigenvalue weighted by Gasteiger charge is 2.05. The second-order valence-corrected chi connectivity index (χ2v) is 7.07. The molecule has 0 saturated heterocycles. The second-order valence-electron chi connectivity index (χ2n) is 7.07. The Morgan fingerprint density at radius 1 is 0.778 bits per heavy atom. The van der Waals surface area contributed by atoms with Crippen LogP contribution in [0.2, 0.25) is 0 Å². The maximum absolute atomic E-state index is 9.63. The number of hydrogen-bond acceptors (Lipinski definition) is 1. The molecule has 0 aliphatic heterocycles. The van der Waals surface area contributed by atoms with Crippen molar-refractivity contribution in [3.05, 3.63) is 96.1 Å². The molecule has 27 heavy (non-hydrogen) atoms. The van der Waals surface area contributed by atoms with Crippen LogP contribution in [-0.2, 0) is 6.42 Å². The van der Waals surface area contributed by atoms with Crippen LogP contribution in [0.1, 0.15) is 30.9 Å². The van der Waals surface area contributed by atoms with E-state index in [2.05, 4.69) is 73.7 Å². The number of phenolic OH excluding ortho intramolecular Hbond substituents is 1. The summed E-state index contributed by atoms with van der Waals surface area (Å²) in [4.78, 5) is 0. The monoisotopic (exact) mass is 352 g/mol. The van der Waals surface area contributed by atoms with E-state index in [1.807, 2.05) is 12.1 Å². The summed E-state index contributed by atoms with van der Waals surface area (Å²) >= 11 is 0. The zero-order valence-corrected chi connectivity index (χ0v) is 15.7. The van der Waals surface area contributed by atoms with Crippen LogP contribution in [0.5, 0.6) is 5.75 Å². The van der Waals surface area contributed by atoms with Gasteiger partial charge in [0, 0.05) is 0 Å². The molecule has 4 aromatic carbocycles. The zero-order valence-electron chi connectivity index (χ0n) is 15.7. The molecule has 0 atom stereocenters. The average molecular weight is 352 g/mol. The molecule has 0 radical (unpaired) electrons. The Morgan fingerprint density at radius 2 is 1.48 bits per heavy atom. The molecule has 0 bridgehead atoms. The third-order valence-corrected chi connectivity index (χ3v) is 5.14. The van der Waals surface area contributed by atoms with E-state index in [4.69, 9.17) is 0 Å². The lowest BCUT2D eigenvalue weighted by Crippen LogP contribution is -1.91. The number of rotatable bonds is 5. The van der Waals surface area contributed by atoms with Crippen molar-refractivity contribution in [2.45, 2.75) is 26.2 Å². The third kappa shape index (κ3) is 3.88. The van der Waals surface area contributed by atoms with Gasteiger partial charge in [-0.1, -0.05) is 73.7 Å². The van der Waals surface area contributed by atoms with Gasteiger partial charge >= 0.3 is 0 Å². The zero-order chi connectivity index (χ0) is 18.6. The summed E-state index contributed by atoms with van der Waals surface area (Å²) in [5.74, 6) is 0.319. The highest BCUT2D eigenvalue weighted by molar-refractivity contribution is 5.86. The first-order valence-corrected chi connectivity index (χ1v) is 9.63. The topological polar surface area (TPSA) is 20.2 Å². The first kappa shape index (κ1) is 17.4. The van der Waals surface area contributed by atoms with Crippen molar-refractivity contribution < 1.29 is 5.11 Å². The fraction of sp³-hybridized carbons (Fsp3) is 0.154. The van der Waals surface area contributed by atoms with E-state index in [0.717, 1.165) is 24.6 Å². The first-order chi connectivity index (χ1) is 13.2. The maximum Gasteiger partial charge on any atom is 0.116 e. The van der Waals surface area contributed by atoms with Crippen molar-refractivity contribution in [2.75, 3.05) is 0 Å². The summed E-state index contributed by atoms with van der Waals surface area (Å²) in [6.45, 7) is 2.20. The van der Waals surface area contributed by atoms with Crippen LogP contribution in [-0.4, -0.2) is 5.11 Å². The van der Waals surface area contributed by atoms with Crippen molar-refractivity contribution >= 4 is 27.1 Å². The number of allylic oxidation sites excluding steroid dienone is 2. The molecule has 0 aliphatic rings. The number of hydrogen-bond donors (Lipinski definition) is 1. The Hall–Kier alpha value is -3.06. The van der Waals surface area contributed by atoms with Crippen LogP contribution < -0.4 is 0 Å². The lowest BCUT2D eigenvalue weighted by molar-refractivity contribution is 0.476. The van der Waals surface area contributed by atoms with Crippen molar-refractivity contribution in [1.29, 1.82) is 0 Å². The lowest BCUT2D eigenvalue weighted by atomic mass is 9.94. The molecule has 1 N–H and O–H groups in total. The van der Waals surface area contributed by atoms with Gasteiger partial charge in [-0.15, -0.1) is 0 Å². The Kier molecular flexibility index (Phi) is 4.93. The van der Waals surface area contributed by atoms with E-state index in [9.17, 15) is 5.11 Å². The van der Waals surface area contributed by atoms with Gasteiger partial charge in [-0.25, -0.2) is 0 Å². The molecular formula is C26H24O. The molecule has 0 fully saturated rings. The van der Waals surface area contributed by atoms with Crippen molar-refractivity contribution in [3.8, 4) is 5.75 Å². The highest BCUT2D eigenvalue weighted by atomic mass is 16.3. The number of aromatic hydroxyl groups is 1.